The molecule has 1 aliphatic heterocycles. The van der Waals surface area contributed by atoms with Crippen molar-refractivity contribution >= 4 is 22.9 Å². The lowest BCUT2D eigenvalue weighted by atomic mass is 9.96. The summed E-state index contributed by atoms with van der Waals surface area (Å²) in [5.41, 5.74) is 5.93. The Morgan fingerprint density at radius 1 is 1.33 bits per heavy atom. The number of nitrogens with zero attached hydrogens (tertiary/aromatic N) is 1. The Labute approximate surface area is 87.1 Å². The Hall–Kier alpha value is 0.610. The summed E-state index contributed by atoms with van der Waals surface area (Å²) in [6, 6.07) is 0.225. The molecule has 0 aromatic rings. The molecular weight excluding hydrogens is 267 g/mol. The number of rotatable bonds is 2. The van der Waals surface area contributed by atoms with Crippen LogP contribution in [0.2, 0.25) is 0 Å². The van der Waals surface area contributed by atoms with E-state index in [1.165, 1.54) is 19.3 Å². The zero-order valence-corrected chi connectivity index (χ0v) is 9.24. The van der Waals surface area contributed by atoms with Gasteiger partial charge in [0.2, 0.25) is 0 Å². The molecule has 70 valence electrons. The molecule has 1 saturated carbocycles. The van der Waals surface area contributed by atoms with Crippen LogP contribution in [-0.2, 0) is 4.74 Å². The van der Waals surface area contributed by atoms with Crippen LogP contribution in [0.4, 0.5) is 0 Å². The number of hydrogen-bond acceptors (Lipinski definition) is 3. The SMILES string of the molecule is NC1CN(I)CC1OC1CCC1. The maximum absolute atomic E-state index is 5.93. The minimum atomic E-state index is 0.225. The molecule has 2 aliphatic rings. The van der Waals surface area contributed by atoms with E-state index >= 15 is 0 Å². The average molecular weight is 282 g/mol. The summed E-state index contributed by atoms with van der Waals surface area (Å²) in [6.45, 7) is 1.97. The van der Waals surface area contributed by atoms with E-state index in [1.54, 1.807) is 0 Å². The molecule has 0 spiro atoms. The molecule has 1 aliphatic carbocycles. The minimum absolute atomic E-state index is 0.225. The van der Waals surface area contributed by atoms with Crippen molar-refractivity contribution in [1.82, 2.24) is 3.11 Å². The van der Waals surface area contributed by atoms with Crippen LogP contribution in [0.3, 0.4) is 0 Å². The maximum atomic E-state index is 5.93. The third-order valence-electron chi connectivity index (χ3n) is 2.68. The zero-order valence-electron chi connectivity index (χ0n) is 7.08. The second-order valence-corrected chi connectivity index (χ2v) is 5.08. The van der Waals surface area contributed by atoms with E-state index in [9.17, 15) is 0 Å². The first-order valence-electron chi connectivity index (χ1n) is 4.57. The Bertz CT molecular complexity index is 163. The highest BCUT2D eigenvalue weighted by molar-refractivity contribution is 14.1. The first-order valence-corrected chi connectivity index (χ1v) is 5.54. The summed E-state index contributed by atoms with van der Waals surface area (Å²) in [5, 5.41) is 0. The monoisotopic (exact) mass is 282 g/mol. The van der Waals surface area contributed by atoms with Crippen LogP contribution in [0.1, 0.15) is 19.3 Å². The van der Waals surface area contributed by atoms with Crippen molar-refractivity contribution in [1.29, 1.82) is 0 Å². The van der Waals surface area contributed by atoms with Gasteiger partial charge in [0.05, 0.1) is 12.2 Å². The highest BCUT2D eigenvalue weighted by atomic mass is 127. The van der Waals surface area contributed by atoms with Gasteiger partial charge in [-0.1, -0.05) is 0 Å². The van der Waals surface area contributed by atoms with Crippen LogP contribution < -0.4 is 5.73 Å². The molecule has 2 unspecified atom stereocenters. The van der Waals surface area contributed by atoms with E-state index in [0.717, 1.165) is 13.1 Å². The van der Waals surface area contributed by atoms with Crippen molar-refractivity contribution in [2.24, 2.45) is 5.73 Å². The molecule has 2 fully saturated rings. The second kappa shape index (κ2) is 3.77. The molecule has 0 radical (unpaired) electrons. The van der Waals surface area contributed by atoms with Gasteiger partial charge in [0.25, 0.3) is 0 Å². The van der Waals surface area contributed by atoms with Crippen molar-refractivity contribution in [3.63, 3.8) is 0 Å². The first kappa shape index (κ1) is 9.18. The molecule has 0 bridgehead atoms. The molecule has 12 heavy (non-hydrogen) atoms. The van der Waals surface area contributed by atoms with Gasteiger partial charge in [-0.25, -0.2) is 3.11 Å². The molecule has 0 aromatic carbocycles. The predicted octanol–water partition coefficient (Wildman–Crippen LogP) is 0.917. The topological polar surface area (TPSA) is 38.5 Å². The van der Waals surface area contributed by atoms with Crippen molar-refractivity contribution in [2.45, 2.75) is 37.5 Å². The molecule has 1 heterocycles. The number of nitrogens with two attached hydrogens (primary N) is 1. The fraction of sp³-hybridized carbons (Fsp3) is 1.00. The molecule has 1 saturated heterocycles. The van der Waals surface area contributed by atoms with Crippen molar-refractivity contribution < 1.29 is 4.74 Å². The zero-order chi connectivity index (χ0) is 8.55. The van der Waals surface area contributed by atoms with Gasteiger partial charge in [0, 0.05) is 42.0 Å². The highest BCUT2D eigenvalue weighted by Gasteiger charge is 2.33. The smallest absolute Gasteiger partial charge is 0.0877 e. The van der Waals surface area contributed by atoms with Crippen LogP contribution in [-0.4, -0.2) is 34.5 Å². The lowest BCUT2D eigenvalue weighted by Gasteiger charge is -2.30. The number of halogens is 1. The lowest BCUT2D eigenvalue weighted by Crippen LogP contribution is -2.39. The Balaban J connectivity index is 1.79. The van der Waals surface area contributed by atoms with Gasteiger partial charge >= 0.3 is 0 Å². The average Bonchev–Trinajstić information content (AvgIpc) is 2.21. The standard InChI is InChI=1S/C8H15IN2O/c9-11-4-7(10)8(5-11)12-6-2-1-3-6/h6-8H,1-5,10H2. The Kier molecular flexibility index (Phi) is 2.89. The van der Waals surface area contributed by atoms with Gasteiger partial charge in [-0.05, 0) is 19.3 Å². The summed E-state index contributed by atoms with van der Waals surface area (Å²) in [7, 11) is 0. The third kappa shape index (κ3) is 1.92. The molecule has 2 atom stereocenters. The van der Waals surface area contributed by atoms with E-state index in [-0.39, 0.29) is 12.1 Å². The predicted molar refractivity (Wildman–Crippen MR) is 56.1 cm³/mol. The van der Waals surface area contributed by atoms with E-state index in [4.69, 9.17) is 10.5 Å². The first-order chi connectivity index (χ1) is 5.75. The van der Waals surface area contributed by atoms with Crippen LogP contribution >= 0.6 is 22.9 Å². The second-order valence-electron chi connectivity index (χ2n) is 3.72. The Morgan fingerprint density at radius 3 is 2.50 bits per heavy atom. The largest absolute Gasteiger partial charge is 0.372 e. The quantitative estimate of drug-likeness (QED) is 0.604. The molecule has 2 N–H and O–H groups in total. The minimum Gasteiger partial charge on any atom is -0.372 e. The normalized spacial score (nSPS) is 38.5. The summed E-state index contributed by atoms with van der Waals surface area (Å²) in [4.78, 5) is 0. The fourth-order valence-corrected chi connectivity index (χ4v) is 2.49. The summed E-state index contributed by atoms with van der Waals surface area (Å²) in [5.74, 6) is 0. The van der Waals surface area contributed by atoms with Crippen LogP contribution in [0.5, 0.6) is 0 Å². The van der Waals surface area contributed by atoms with E-state index in [0.29, 0.717) is 6.10 Å². The van der Waals surface area contributed by atoms with Crippen LogP contribution in [0, 0.1) is 0 Å². The van der Waals surface area contributed by atoms with Crippen LogP contribution in [0.25, 0.3) is 0 Å². The van der Waals surface area contributed by atoms with Gasteiger partial charge in [-0.15, -0.1) is 0 Å². The summed E-state index contributed by atoms with van der Waals surface area (Å²) < 4.78 is 8.07. The van der Waals surface area contributed by atoms with Crippen molar-refractivity contribution in [2.75, 3.05) is 13.1 Å². The van der Waals surface area contributed by atoms with Gasteiger partial charge in [0.15, 0.2) is 0 Å². The Morgan fingerprint density at radius 2 is 2.08 bits per heavy atom. The van der Waals surface area contributed by atoms with Gasteiger partial charge in [-0.2, -0.15) is 0 Å². The van der Waals surface area contributed by atoms with E-state index in [2.05, 4.69) is 26.0 Å². The maximum Gasteiger partial charge on any atom is 0.0877 e. The molecule has 4 heteroatoms. The lowest BCUT2D eigenvalue weighted by molar-refractivity contribution is -0.0486. The highest BCUT2D eigenvalue weighted by Crippen LogP contribution is 2.26. The molecular formula is C8H15IN2O. The van der Waals surface area contributed by atoms with Crippen LogP contribution in [0.15, 0.2) is 0 Å². The molecule has 2 rings (SSSR count). The molecule has 3 nitrogen and oxygen atoms in total. The van der Waals surface area contributed by atoms with Gasteiger partial charge < -0.3 is 10.5 Å². The number of hydrogen-bond donors (Lipinski definition) is 1. The fourth-order valence-electron chi connectivity index (χ4n) is 1.65. The molecule has 0 amide bonds. The summed E-state index contributed by atoms with van der Waals surface area (Å²) in [6.07, 6.45) is 4.62. The van der Waals surface area contributed by atoms with Crippen molar-refractivity contribution in [3.05, 3.63) is 0 Å². The van der Waals surface area contributed by atoms with Crippen molar-refractivity contribution in [3.8, 4) is 0 Å². The van der Waals surface area contributed by atoms with E-state index in [1.807, 2.05) is 0 Å². The van der Waals surface area contributed by atoms with E-state index < -0.39 is 0 Å². The third-order valence-corrected chi connectivity index (χ3v) is 3.47. The number of ether oxygens (including phenoxy) is 1. The van der Waals surface area contributed by atoms with Gasteiger partial charge in [0.1, 0.15) is 0 Å². The van der Waals surface area contributed by atoms with Gasteiger partial charge in [-0.3, -0.25) is 0 Å². The summed E-state index contributed by atoms with van der Waals surface area (Å²) >= 11 is 2.31. The molecule has 0 aromatic heterocycles.